The molecule has 30 heavy (non-hydrogen) atoms. The zero-order valence-corrected chi connectivity index (χ0v) is 18.3. The number of benzene rings is 2. The van der Waals surface area contributed by atoms with Gasteiger partial charge < -0.3 is 14.0 Å². The van der Waals surface area contributed by atoms with Gasteiger partial charge in [0.25, 0.3) is 0 Å². The van der Waals surface area contributed by atoms with E-state index in [2.05, 4.69) is 51.2 Å². The summed E-state index contributed by atoms with van der Waals surface area (Å²) in [4.78, 5) is 8.51. The summed E-state index contributed by atoms with van der Waals surface area (Å²) in [6.45, 7) is 6.51. The van der Waals surface area contributed by atoms with Gasteiger partial charge in [0, 0.05) is 31.6 Å². The molecule has 5 nitrogen and oxygen atoms in total. The van der Waals surface area contributed by atoms with Crippen LogP contribution in [0.1, 0.15) is 12.0 Å². The molecule has 0 N–H and O–H groups in total. The first-order chi connectivity index (χ1) is 14.8. The summed E-state index contributed by atoms with van der Waals surface area (Å²) < 4.78 is 13.2. The van der Waals surface area contributed by atoms with Crippen LogP contribution in [0.2, 0.25) is 0 Å². The van der Waals surface area contributed by atoms with Gasteiger partial charge in [-0.1, -0.05) is 30.3 Å². The predicted octanol–water partition coefficient (Wildman–Crippen LogP) is 4.05. The van der Waals surface area contributed by atoms with Gasteiger partial charge in [-0.15, -0.1) is 11.3 Å². The number of ether oxygens (including phenoxy) is 2. The molecule has 1 fully saturated rings. The summed E-state index contributed by atoms with van der Waals surface area (Å²) in [6.07, 6.45) is 1.10. The van der Waals surface area contributed by atoms with Gasteiger partial charge in [-0.2, -0.15) is 0 Å². The van der Waals surface area contributed by atoms with Crippen LogP contribution in [-0.4, -0.2) is 49.4 Å². The molecule has 3 aromatic rings. The van der Waals surface area contributed by atoms with Crippen LogP contribution in [0.5, 0.6) is 5.75 Å². The minimum Gasteiger partial charge on any atom is -0.497 e. The van der Waals surface area contributed by atoms with E-state index in [-0.39, 0.29) is 0 Å². The quantitative estimate of drug-likeness (QED) is 0.549. The Kier molecular flexibility index (Phi) is 7.34. The molecule has 6 heteroatoms. The molecule has 0 amide bonds. The molecule has 1 aromatic heterocycles. The molecule has 0 saturated carbocycles. The van der Waals surface area contributed by atoms with Gasteiger partial charge in [0.1, 0.15) is 5.75 Å². The highest BCUT2D eigenvalue weighted by Gasteiger charge is 2.12. The Labute approximate surface area is 182 Å². The van der Waals surface area contributed by atoms with Crippen molar-refractivity contribution in [2.45, 2.75) is 19.5 Å². The van der Waals surface area contributed by atoms with E-state index in [1.165, 1.54) is 16.8 Å². The maximum atomic E-state index is 5.47. The average Bonchev–Trinajstić information content (AvgIpc) is 3.22. The summed E-state index contributed by atoms with van der Waals surface area (Å²) in [7, 11) is 1.70. The molecule has 1 aliphatic heterocycles. The van der Waals surface area contributed by atoms with E-state index in [0.29, 0.717) is 6.54 Å². The molecule has 0 bridgehead atoms. The third-order valence-electron chi connectivity index (χ3n) is 5.38. The minimum absolute atomic E-state index is 0.701. The summed E-state index contributed by atoms with van der Waals surface area (Å²) in [5.74, 6) is 0.877. The molecule has 0 aliphatic carbocycles. The molecule has 158 valence electrons. The van der Waals surface area contributed by atoms with Crippen LogP contribution in [0.3, 0.4) is 0 Å². The van der Waals surface area contributed by atoms with E-state index in [1.807, 2.05) is 18.2 Å². The molecule has 0 atom stereocenters. The first-order valence-corrected chi connectivity index (χ1v) is 11.4. The molecule has 2 aromatic carbocycles. The molecular formula is C24H29N3O2S. The van der Waals surface area contributed by atoms with Gasteiger partial charge in [-0.3, -0.25) is 9.89 Å². The number of aromatic nitrogens is 1. The lowest BCUT2D eigenvalue weighted by Gasteiger charge is -2.26. The maximum Gasteiger partial charge on any atom is 0.185 e. The molecule has 1 aliphatic rings. The molecule has 2 heterocycles. The van der Waals surface area contributed by atoms with E-state index >= 15 is 0 Å². The van der Waals surface area contributed by atoms with Crippen LogP contribution < -0.4 is 9.54 Å². The van der Waals surface area contributed by atoms with Crippen molar-refractivity contribution in [2.24, 2.45) is 4.99 Å². The zero-order valence-electron chi connectivity index (χ0n) is 17.5. The monoisotopic (exact) mass is 423 g/mol. The van der Waals surface area contributed by atoms with Crippen LogP contribution in [0.25, 0.3) is 11.3 Å². The Morgan fingerprint density at radius 3 is 2.50 bits per heavy atom. The standard InChI is InChI=1S/C24H29N3O2S/c1-28-22-10-8-21(9-11-22)23-19-30-24(25-18-20-6-3-2-4-7-20)27(23)13-5-12-26-14-16-29-17-15-26/h2-4,6-11,19H,5,12-18H2,1H3. The fourth-order valence-electron chi connectivity index (χ4n) is 3.68. The number of hydrogen-bond donors (Lipinski definition) is 0. The van der Waals surface area contributed by atoms with Gasteiger partial charge in [0.05, 0.1) is 32.6 Å². The number of rotatable bonds is 8. The van der Waals surface area contributed by atoms with E-state index in [9.17, 15) is 0 Å². The van der Waals surface area contributed by atoms with Crippen LogP contribution >= 0.6 is 11.3 Å². The Morgan fingerprint density at radius 1 is 1.00 bits per heavy atom. The highest BCUT2D eigenvalue weighted by atomic mass is 32.1. The fourth-order valence-corrected chi connectivity index (χ4v) is 4.62. The van der Waals surface area contributed by atoms with Crippen molar-refractivity contribution in [3.8, 4) is 17.0 Å². The van der Waals surface area contributed by atoms with Gasteiger partial charge in [0.15, 0.2) is 4.80 Å². The van der Waals surface area contributed by atoms with Crippen molar-refractivity contribution >= 4 is 11.3 Å². The van der Waals surface area contributed by atoms with Gasteiger partial charge in [-0.05, 0) is 41.8 Å². The molecule has 1 saturated heterocycles. The van der Waals surface area contributed by atoms with Crippen LogP contribution in [0, 0.1) is 0 Å². The van der Waals surface area contributed by atoms with E-state index in [0.717, 1.165) is 56.4 Å². The van der Waals surface area contributed by atoms with Crippen molar-refractivity contribution in [3.63, 3.8) is 0 Å². The molecule has 0 radical (unpaired) electrons. The highest BCUT2D eigenvalue weighted by molar-refractivity contribution is 7.07. The summed E-state index contributed by atoms with van der Waals surface area (Å²) in [5.41, 5.74) is 3.65. The summed E-state index contributed by atoms with van der Waals surface area (Å²) >= 11 is 1.72. The highest BCUT2D eigenvalue weighted by Crippen LogP contribution is 2.23. The second-order valence-corrected chi connectivity index (χ2v) is 8.23. The Hall–Kier alpha value is -2.41. The molecular weight excluding hydrogens is 394 g/mol. The van der Waals surface area contributed by atoms with Gasteiger partial charge in [0.2, 0.25) is 0 Å². The summed E-state index contributed by atoms with van der Waals surface area (Å²) in [6, 6.07) is 18.7. The van der Waals surface area contributed by atoms with Gasteiger partial charge >= 0.3 is 0 Å². The Balaban J connectivity index is 1.56. The number of thiazole rings is 1. The average molecular weight is 424 g/mol. The van der Waals surface area contributed by atoms with E-state index in [4.69, 9.17) is 14.5 Å². The largest absolute Gasteiger partial charge is 0.497 e. The number of hydrogen-bond acceptors (Lipinski definition) is 5. The second-order valence-electron chi connectivity index (χ2n) is 7.39. The number of morpholine rings is 1. The van der Waals surface area contributed by atoms with Crippen molar-refractivity contribution in [2.75, 3.05) is 40.0 Å². The number of methoxy groups -OCH3 is 1. The second kappa shape index (κ2) is 10.6. The lowest BCUT2D eigenvalue weighted by molar-refractivity contribution is 0.0369. The first-order valence-electron chi connectivity index (χ1n) is 10.5. The van der Waals surface area contributed by atoms with Crippen molar-refractivity contribution in [3.05, 3.63) is 70.3 Å². The van der Waals surface area contributed by atoms with Crippen molar-refractivity contribution in [1.29, 1.82) is 0 Å². The zero-order chi connectivity index (χ0) is 20.6. The van der Waals surface area contributed by atoms with Crippen molar-refractivity contribution < 1.29 is 9.47 Å². The van der Waals surface area contributed by atoms with E-state index < -0.39 is 0 Å². The third-order valence-corrected chi connectivity index (χ3v) is 6.28. The van der Waals surface area contributed by atoms with Gasteiger partial charge in [-0.25, -0.2) is 0 Å². The third kappa shape index (κ3) is 5.39. The Bertz CT molecular complexity index is 974. The van der Waals surface area contributed by atoms with Crippen LogP contribution in [-0.2, 0) is 17.8 Å². The molecule has 0 spiro atoms. The van der Waals surface area contributed by atoms with Crippen molar-refractivity contribution in [1.82, 2.24) is 9.47 Å². The summed E-state index contributed by atoms with van der Waals surface area (Å²) in [5, 5.41) is 2.22. The number of nitrogens with zero attached hydrogens (tertiary/aromatic N) is 3. The lowest BCUT2D eigenvalue weighted by atomic mass is 10.1. The maximum absolute atomic E-state index is 5.47. The fraction of sp³-hybridized carbons (Fsp3) is 0.375. The van der Waals surface area contributed by atoms with Crippen LogP contribution in [0.4, 0.5) is 0 Å². The smallest absolute Gasteiger partial charge is 0.185 e. The predicted molar refractivity (Wildman–Crippen MR) is 122 cm³/mol. The lowest BCUT2D eigenvalue weighted by Crippen LogP contribution is -2.37. The van der Waals surface area contributed by atoms with Crippen LogP contribution in [0.15, 0.2) is 65.0 Å². The molecule has 0 unspecified atom stereocenters. The first kappa shape index (κ1) is 20.8. The normalized spacial score (nSPS) is 15.4. The molecule has 4 rings (SSSR count). The van der Waals surface area contributed by atoms with E-state index in [1.54, 1.807) is 18.4 Å². The SMILES string of the molecule is COc1ccc(-c2csc(=NCc3ccccc3)n2CCCN2CCOCC2)cc1. The Morgan fingerprint density at radius 2 is 1.77 bits per heavy atom. The topological polar surface area (TPSA) is 39.0 Å². The minimum atomic E-state index is 0.701.